The first-order valence-corrected chi connectivity index (χ1v) is 13.1. The number of hydrogen-bond donors (Lipinski definition) is 1. The highest BCUT2D eigenvalue weighted by atomic mass is 16.2. The van der Waals surface area contributed by atoms with Crippen molar-refractivity contribution in [3.63, 3.8) is 0 Å². The van der Waals surface area contributed by atoms with Crippen LogP contribution in [0.3, 0.4) is 0 Å². The monoisotopic (exact) mass is 487 g/mol. The molecule has 8 heteroatoms. The Kier molecular flexibility index (Phi) is 6.55. The fraction of sp³-hybridized carbons (Fsp3) is 0.500. The second-order valence-electron chi connectivity index (χ2n) is 10.6. The Morgan fingerprint density at radius 1 is 1.19 bits per heavy atom. The zero-order valence-corrected chi connectivity index (χ0v) is 22.1. The van der Waals surface area contributed by atoms with Crippen molar-refractivity contribution in [2.75, 3.05) is 32.5 Å². The van der Waals surface area contributed by atoms with Crippen molar-refractivity contribution in [3.05, 3.63) is 47.9 Å². The molecule has 1 saturated carbocycles. The fourth-order valence-corrected chi connectivity index (χ4v) is 5.42. The van der Waals surface area contributed by atoms with E-state index in [1.807, 2.05) is 18.3 Å². The summed E-state index contributed by atoms with van der Waals surface area (Å²) in [5, 5.41) is 4.16. The molecule has 0 atom stereocenters. The van der Waals surface area contributed by atoms with Crippen LogP contribution in [0.4, 0.5) is 11.8 Å². The average Bonchev–Trinajstić information content (AvgIpc) is 3.23. The molecule has 3 aromatic rings. The van der Waals surface area contributed by atoms with Crippen molar-refractivity contribution in [1.29, 1.82) is 0 Å². The molecule has 0 unspecified atom stereocenters. The lowest BCUT2D eigenvalue weighted by atomic mass is 9.74. The van der Waals surface area contributed by atoms with Crippen LogP contribution in [0.25, 0.3) is 16.6 Å². The van der Waals surface area contributed by atoms with Gasteiger partial charge in [0.2, 0.25) is 5.95 Å². The molecule has 0 saturated heterocycles. The quantitative estimate of drug-likeness (QED) is 0.502. The molecule has 0 bridgehead atoms. The number of rotatable bonds is 7. The van der Waals surface area contributed by atoms with Gasteiger partial charge in [0.05, 0.1) is 0 Å². The summed E-state index contributed by atoms with van der Waals surface area (Å²) in [6.45, 7) is 8.74. The van der Waals surface area contributed by atoms with Crippen LogP contribution in [0.2, 0.25) is 0 Å². The molecule has 1 amide bonds. The number of pyridine rings is 1. The van der Waals surface area contributed by atoms with Crippen LogP contribution in [-0.2, 0) is 5.54 Å². The summed E-state index contributed by atoms with van der Waals surface area (Å²) in [5.74, 6) is 1.18. The number of nitrogens with one attached hydrogen (secondary N) is 1. The molecule has 5 rings (SSSR count). The number of nitrogens with zero attached hydrogens (tertiary/aromatic N) is 6. The van der Waals surface area contributed by atoms with Gasteiger partial charge >= 0.3 is 0 Å². The molecular formula is C28H37N7O. The van der Waals surface area contributed by atoms with Gasteiger partial charge < -0.3 is 14.8 Å². The molecule has 2 aliphatic rings. The van der Waals surface area contributed by atoms with Crippen molar-refractivity contribution >= 4 is 34.3 Å². The number of aromatic nitrogens is 4. The maximum Gasteiger partial charge on any atom is 0.270 e. The Hall–Kier alpha value is -3.26. The van der Waals surface area contributed by atoms with Gasteiger partial charge in [0.1, 0.15) is 17.2 Å². The topological polar surface area (TPSA) is 79.2 Å². The van der Waals surface area contributed by atoms with Crippen LogP contribution in [0.15, 0.2) is 36.7 Å². The lowest BCUT2D eigenvalue weighted by molar-refractivity contribution is 0.0780. The molecule has 1 N–H and O–H groups in total. The number of hydrogen-bond acceptors (Lipinski definition) is 6. The van der Waals surface area contributed by atoms with Gasteiger partial charge in [-0.3, -0.25) is 9.69 Å². The smallest absolute Gasteiger partial charge is 0.270 e. The van der Waals surface area contributed by atoms with E-state index in [9.17, 15) is 4.79 Å². The van der Waals surface area contributed by atoms with Crippen molar-refractivity contribution in [1.82, 2.24) is 29.3 Å². The largest absolute Gasteiger partial charge is 0.343 e. The Morgan fingerprint density at radius 3 is 2.56 bits per heavy atom. The Bertz CT molecular complexity index is 1280. The Morgan fingerprint density at radius 2 is 2.00 bits per heavy atom. The van der Waals surface area contributed by atoms with E-state index >= 15 is 0 Å². The number of carbonyl (C=O) groups is 1. The molecule has 1 aliphatic heterocycles. The van der Waals surface area contributed by atoms with Crippen molar-refractivity contribution in [2.45, 2.75) is 64.5 Å². The standard InChI is InChI=1S/C28H37N7O/c1-6-28(12-7-13-28)35-23(26(36)33(4)5)16-22-18-30-27(32-25(22)35)31-24-9-8-21(17-29-24)20-10-14-34(15-11-20)19(2)3/h8-10,16-19H,6-7,11-15H2,1-5H3,(H,29,30,31,32). The van der Waals surface area contributed by atoms with Crippen molar-refractivity contribution in [3.8, 4) is 0 Å². The van der Waals surface area contributed by atoms with Crippen LogP contribution < -0.4 is 5.32 Å². The van der Waals surface area contributed by atoms with E-state index in [1.54, 1.807) is 25.2 Å². The van der Waals surface area contributed by atoms with Crippen molar-refractivity contribution < 1.29 is 4.79 Å². The van der Waals surface area contributed by atoms with Gasteiger partial charge in [-0.1, -0.05) is 13.0 Å². The summed E-state index contributed by atoms with van der Waals surface area (Å²) in [6, 6.07) is 6.60. The third-order valence-electron chi connectivity index (χ3n) is 7.93. The summed E-state index contributed by atoms with van der Waals surface area (Å²) >= 11 is 0. The first-order valence-electron chi connectivity index (χ1n) is 13.1. The molecule has 4 heterocycles. The number of anilines is 2. The minimum Gasteiger partial charge on any atom is -0.343 e. The van der Waals surface area contributed by atoms with Crippen molar-refractivity contribution in [2.24, 2.45) is 0 Å². The van der Waals surface area contributed by atoms with Crippen LogP contribution in [-0.4, -0.2) is 68.5 Å². The summed E-state index contributed by atoms with van der Waals surface area (Å²) in [6.07, 6.45) is 11.3. The SMILES string of the molecule is CCC1(n2c(C(=O)N(C)C)cc3cnc(Nc4ccc(C5=CCN(C(C)C)CC5)cn4)nc32)CCC1. The number of amides is 1. The lowest BCUT2D eigenvalue weighted by Gasteiger charge is -2.44. The minimum atomic E-state index is -0.0624. The highest BCUT2D eigenvalue weighted by molar-refractivity contribution is 5.98. The van der Waals surface area contributed by atoms with E-state index in [4.69, 9.17) is 4.98 Å². The lowest BCUT2D eigenvalue weighted by Crippen LogP contribution is -2.42. The van der Waals surface area contributed by atoms with E-state index in [1.165, 1.54) is 12.0 Å². The summed E-state index contributed by atoms with van der Waals surface area (Å²) in [5.41, 5.74) is 3.94. The second kappa shape index (κ2) is 9.65. The van der Waals surface area contributed by atoms with E-state index in [-0.39, 0.29) is 11.4 Å². The normalized spacial score (nSPS) is 17.7. The van der Waals surface area contributed by atoms with Gasteiger partial charge in [0, 0.05) is 56.5 Å². The van der Waals surface area contributed by atoms with Crippen LogP contribution in [0, 0.1) is 0 Å². The molecule has 1 aliphatic carbocycles. The first kappa shape index (κ1) is 24.4. The molecule has 3 aromatic heterocycles. The molecule has 8 nitrogen and oxygen atoms in total. The third kappa shape index (κ3) is 4.39. The van der Waals surface area contributed by atoms with E-state index < -0.39 is 0 Å². The van der Waals surface area contributed by atoms with Crippen LogP contribution in [0.5, 0.6) is 0 Å². The summed E-state index contributed by atoms with van der Waals surface area (Å²) in [7, 11) is 3.59. The molecule has 36 heavy (non-hydrogen) atoms. The van der Waals surface area contributed by atoms with Crippen LogP contribution in [0.1, 0.15) is 68.9 Å². The zero-order chi connectivity index (χ0) is 25.4. The summed E-state index contributed by atoms with van der Waals surface area (Å²) in [4.78, 5) is 31.2. The van der Waals surface area contributed by atoms with Crippen LogP contribution >= 0.6 is 0 Å². The number of carbonyl (C=O) groups excluding carboxylic acids is 1. The van der Waals surface area contributed by atoms with E-state index in [2.05, 4.69) is 57.7 Å². The Labute approximate surface area is 213 Å². The zero-order valence-electron chi connectivity index (χ0n) is 22.1. The van der Waals surface area contributed by atoms with E-state index in [0.717, 1.165) is 55.4 Å². The molecule has 0 radical (unpaired) electrons. The van der Waals surface area contributed by atoms with Gasteiger partial charge in [-0.05, 0) is 75.3 Å². The molecule has 0 aromatic carbocycles. The predicted octanol–water partition coefficient (Wildman–Crippen LogP) is 5.06. The first-order chi connectivity index (χ1) is 17.3. The van der Waals surface area contributed by atoms with E-state index in [0.29, 0.717) is 23.5 Å². The van der Waals surface area contributed by atoms with Gasteiger partial charge in [0.25, 0.3) is 5.91 Å². The minimum absolute atomic E-state index is 0.00646. The molecular weight excluding hydrogens is 450 g/mol. The van der Waals surface area contributed by atoms with Gasteiger partial charge in [0.15, 0.2) is 0 Å². The molecule has 190 valence electrons. The average molecular weight is 488 g/mol. The second-order valence-corrected chi connectivity index (χ2v) is 10.6. The predicted molar refractivity (Wildman–Crippen MR) is 144 cm³/mol. The summed E-state index contributed by atoms with van der Waals surface area (Å²) < 4.78 is 2.17. The van der Waals surface area contributed by atoms with Gasteiger partial charge in [-0.25, -0.2) is 9.97 Å². The molecule has 1 fully saturated rings. The van der Waals surface area contributed by atoms with Gasteiger partial charge in [-0.2, -0.15) is 4.98 Å². The Balaban J connectivity index is 1.42. The van der Waals surface area contributed by atoms with Gasteiger partial charge in [-0.15, -0.1) is 0 Å². The highest BCUT2D eigenvalue weighted by Gasteiger charge is 2.41. The maximum absolute atomic E-state index is 13.1. The maximum atomic E-state index is 13.1. The highest BCUT2D eigenvalue weighted by Crippen LogP contribution is 2.45. The fourth-order valence-electron chi connectivity index (χ4n) is 5.42. The molecule has 0 spiro atoms. The number of fused-ring (bicyclic) bond motifs is 1. The third-order valence-corrected chi connectivity index (χ3v) is 7.93.